The van der Waals surface area contributed by atoms with E-state index in [1.54, 1.807) is 4.90 Å². The molecule has 2 aliphatic rings. The molecule has 1 atom stereocenters. The second-order valence-corrected chi connectivity index (χ2v) is 13.6. The van der Waals surface area contributed by atoms with Crippen LogP contribution in [0.4, 0.5) is 10.1 Å². The van der Waals surface area contributed by atoms with Crippen molar-refractivity contribution in [3.8, 4) is 6.07 Å². The van der Waals surface area contributed by atoms with Crippen molar-refractivity contribution in [1.29, 1.82) is 5.26 Å². The van der Waals surface area contributed by atoms with Crippen LogP contribution in [-0.4, -0.2) is 36.2 Å². The van der Waals surface area contributed by atoms with E-state index in [4.69, 9.17) is 0 Å². The van der Waals surface area contributed by atoms with Crippen LogP contribution in [0.5, 0.6) is 0 Å². The number of nitrogens with zero attached hydrogens (tertiary/aromatic N) is 4. The van der Waals surface area contributed by atoms with Gasteiger partial charge in [-0.1, -0.05) is 31.4 Å². The third-order valence-corrected chi connectivity index (χ3v) is 10.5. The van der Waals surface area contributed by atoms with Crippen LogP contribution in [0.3, 0.4) is 0 Å². The van der Waals surface area contributed by atoms with Crippen molar-refractivity contribution < 1.29 is 17.6 Å². The minimum absolute atomic E-state index is 0.0507. The van der Waals surface area contributed by atoms with E-state index in [2.05, 4.69) is 33.6 Å². The lowest BCUT2D eigenvalue weighted by Crippen LogP contribution is -2.59. The Balaban J connectivity index is 1.42. The molecule has 3 aromatic rings. The maximum absolute atomic E-state index is 14.5. The number of hydrogen-bond donors (Lipinski definition) is 0. The predicted molar refractivity (Wildman–Crippen MR) is 159 cm³/mol. The van der Waals surface area contributed by atoms with Gasteiger partial charge in [0.15, 0.2) is 0 Å². The standard InChI is InChI=1S/C30H30FIN4O3S/c1-20-23(17-33)14-27(16-28(20)31)40(38,39)36-13-12-29(36)30(37)35(26-9-5-8-24(32)15-26)19-25-11-10-22(18-34-25)21-6-3-2-4-7-21/h5,8-11,14-16,18,21,29H,2-4,6-7,12-13,19H2,1H3/t29-/m1/s1. The van der Waals surface area contributed by atoms with Gasteiger partial charge in [0.25, 0.3) is 0 Å². The van der Waals surface area contributed by atoms with Gasteiger partial charge in [-0.2, -0.15) is 9.57 Å². The average molecular weight is 673 g/mol. The number of sulfonamides is 1. The van der Waals surface area contributed by atoms with Crippen LogP contribution in [0, 0.1) is 27.6 Å². The number of amides is 1. The molecule has 1 aliphatic heterocycles. The van der Waals surface area contributed by atoms with E-state index in [-0.39, 0.29) is 35.0 Å². The maximum atomic E-state index is 14.5. The molecule has 0 bridgehead atoms. The van der Waals surface area contributed by atoms with E-state index in [1.165, 1.54) is 50.7 Å². The molecule has 0 spiro atoms. The number of nitriles is 1. The first-order chi connectivity index (χ1) is 19.2. The van der Waals surface area contributed by atoms with Crippen molar-refractivity contribution in [3.05, 3.63) is 86.5 Å². The molecule has 1 aromatic heterocycles. The number of pyridine rings is 1. The molecule has 10 heteroatoms. The van der Waals surface area contributed by atoms with Crippen molar-refractivity contribution in [1.82, 2.24) is 9.29 Å². The first-order valence-electron chi connectivity index (χ1n) is 13.4. The smallest absolute Gasteiger partial charge is 0.245 e. The van der Waals surface area contributed by atoms with Crippen LogP contribution >= 0.6 is 22.6 Å². The van der Waals surface area contributed by atoms with E-state index in [0.717, 1.165) is 13.9 Å². The van der Waals surface area contributed by atoms with E-state index in [0.29, 0.717) is 23.7 Å². The molecular weight excluding hydrogens is 642 g/mol. The van der Waals surface area contributed by atoms with Gasteiger partial charge >= 0.3 is 0 Å². The predicted octanol–water partition coefficient (Wildman–Crippen LogP) is 6.05. The summed E-state index contributed by atoms with van der Waals surface area (Å²) in [5.41, 5.74) is 2.61. The lowest BCUT2D eigenvalue weighted by atomic mass is 9.85. The van der Waals surface area contributed by atoms with Crippen LogP contribution in [-0.2, 0) is 21.4 Å². The lowest BCUT2D eigenvalue weighted by molar-refractivity contribution is -0.125. The zero-order valence-electron chi connectivity index (χ0n) is 22.2. The Bertz CT molecular complexity index is 1570. The lowest BCUT2D eigenvalue weighted by Gasteiger charge is -2.41. The average Bonchev–Trinajstić information content (AvgIpc) is 2.93. The Hall–Kier alpha value is -2.88. The number of anilines is 1. The molecule has 0 radical (unpaired) electrons. The van der Waals surface area contributed by atoms with Crippen LogP contribution in [0.15, 0.2) is 59.6 Å². The molecule has 0 unspecified atom stereocenters. The van der Waals surface area contributed by atoms with E-state index >= 15 is 0 Å². The summed E-state index contributed by atoms with van der Waals surface area (Å²) in [6, 6.07) is 14.5. The zero-order chi connectivity index (χ0) is 28.4. The molecule has 1 saturated carbocycles. The van der Waals surface area contributed by atoms with Gasteiger partial charge in [-0.25, -0.2) is 12.8 Å². The summed E-state index contributed by atoms with van der Waals surface area (Å²) in [6.07, 6.45) is 8.32. The summed E-state index contributed by atoms with van der Waals surface area (Å²) in [5.74, 6) is -0.627. The molecule has 5 rings (SSSR count). The number of rotatable bonds is 7. The van der Waals surface area contributed by atoms with Gasteiger partial charge in [0.2, 0.25) is 15.9 Å². The molecule has 0 N–H and O–H groups in total. The minimum Gasteiger partial charge on any atom is -0.305 e. The highest BCUT2D eigenvalue weighted by atomic mass is 127. The molecule has 2 heterocycles. The monoisotopic (exact) mass is 672 g/mol. The summed E-state index contributed by atoms with van der Waals surface area (Å²) < 4.78 is 43.5. The highest BCUT2D eigenvalue weighted by molar-refractivity contribution is 14.1. The Kier molecular flexibility index (Phi) is 8.54. The summed E-state index contributed by atoms with van der Waals surface area (Å²) >= 11 is 2.18. The maximum Gasteiger partial charge on any atom is 0.245 e. The summed E-state index contributed by atoms with van der Waals surface area (Å²) in [5, 5.41) is 9.34. The molecule has 2 fully saturated rings. The topological polar surface area (TPSA) is 94.4 Å². The number of halogens is 2. The normalized spacial score (nSPS) is 18.1. The highest BCUT2D eigenvalue weighted by Crippen LogP contribution is 2.34. The second kappa shape index (κ2) is 11.9. The number of carbonyl (C=O) groups is 1. The largest absolute Gasteiger partial charge is 0.305 e. The Morgan fingerprint density at radius 1 is 1.15 bits per heavy atom. The van der Waals surface area contributed by atoms with Crippen molar-refractivity contribution in [2.45, 2.75) is 68.8 Å². The van der Waals surface area contributed by atoms with Gasteiger partial charge in [0, 0.05) is 27.6 Å². The Labute approximate surface area is 248 Å². The highest BCUT2D eigenvalue weighted by Gasteiger charge is 2.45. The summed E-state index contributed by atoms with van der Waals surface area (Å²) in [4.78, 5) is 19.9. The van der Waals surface area contributed by atoms with Crippen LogP contribution in [0.25, 0.3) is 0 Å². The Morgan fingerprint density at radius 3 is 2.55 bits per heavy atom. The quantitative estimate of drug-likeness (QED) is 0.285. The molecule has 2 aromatic carbocycles. The molecule has 208 valence electrons. The summed E-state index contributed by atoms with van der Waals surface area (Å²) in [7, 11) is -4.21. The van der Waals surface area contributed by atoms with Gasteiger partial charge in [-0.15, -0.1) is 0 Å². The van der Waals surface area contributed by atoms with Crippen LogP contribution < -0.4 is 4.90 Å². The van der Waals surface area contributed by atoms with Crippen LogP contribution in [0.2, 0.25) is 0 Å². The van der Waals surface area contributed by atoms with Crippen molar-refractivity contribution in [2.75, 3.05) is 11.4 Å². The van der Waals surface area contributed by atoms with Gasteiger partial charge in [0.05, 0.1) is 28.8 Å². The number of benzene rings is 2. The van der Waals surface area contributed by atoms with Crippen molar-refractivity contribution in [2.24, 2.45) is 0 Å². The first kappa shape index (κ1) is 28.6. The van der Waals surface area contributed by atoms with Gasteiger partial charge in [0.1, 0.15) is 11.9 Å². The number of aromatic nitrogens is 1. The van der Waals surface area contributed by atoms with Crippen molar-refractivity contribution >= 4 is 44.2 Å². The fourth-order valence-corrected chi connectivity index (χ4v) is 7.63. The van der Waals surface area contributed by atoms with Gasteiger partial charge < -0.3 is 4.90 Å². The van der Waals surface area contributed by atoms with E-state index < -0.39 is 21.9 Å². The molecule has 1 amide bonds. The molecule has 1 saturated heterocycles. The summed E-state index contributed by atoms with van der Waals surface area (Å²) in [6.45, 7) is 1.74. The fourth-order valence-electron chi connectivity index (χ4n) is 5.44. The van der Waals surface area contributed by atoms with Crippen molar-refractivity contribution in [3.63, 3.8) is 0 Å². The Morgan fingerprint density at radius 2 is 1.93 bits per heavy atom. The van der Waals surface area contributed by atoms with E-state index in [9.17, 15) is 22.9 Å². The third kappa shape index (κ3) is 5.78. The molecule has 1 aliphatic carbocycles. The molecule has 40 heavy (non-hydrogen) atoms. The minimum atomic E-state index is -4.21. The molecule has 7 nitrogen and oxygen atoms in total. The fraction of sp³-hybridized carbons (Fsp3) is 0.367. The van der Waals surface area contributed by atoms with Gasteiger partial charge in [-0.3, -0.25) is 9.78 Å². The van der Waals surface area contributed by atoms with E-state index in [1.807, 2.05) is 42.6 Å². The third-order valence-electron chi connectivity index (χ3n) is 7.93. The zero-order valence-corrected chi connectivity index (χ0v) is 25.2. The molecular formula is C30H30FIN4O3S. The van der Waals surface area contributed by atoms with Gasteiger partial charge in [-0.05, 0) is 96.7 Å². The first-order valence-corrected chi connectivity index (χ1v) is 15.9. The number of carbonyl (C=O) groups excluding carboxylic acids is 1. The second-order valence-electron chi connectivity index (χ2n) is 10.4. The van der Waals surface area contributed by atoms with Crippen LogP contribution in [0.1, 0.15) is 66.8 Å². The number of hydrogen-bond acceptors (Lipinski definition) is 5. The SMILES string of the molecule is Cc1c(F)cc(S(=O)(=O)N2CC[C@@H]2C(=O)N(Cc2ccc(C3CCCCC3)cn2)c2cccc(I)c2)cc1C#N.